The first-order chi connectivity index (χ1) is 9.01. The third-order valence-corrected chi connectivity index (χ3v) is 3.71. The third-order valence-electron chi connectivity index (χ3n) is 2.65. The monoisotopic (exact) mass is 390 g/mol. The molecule has 0 heterocycles. The van der Waals surface area contributed by atoms with Crippen molar-refractivity contribution in [3.63, 3.8) is 0 Å². The highest BCUT2D eigenvalue weighted by Crippen LogP contribution is 2.30. The topological polar surface area (TPSA) is 9.23 Å². The summed E-state index contributed by atoms with van der Waals surface area (Å²) in [4.78, 5) is 0. The number of ether oxygens (including phenoxy) is 1. The lowest BCUT2D eigenvalue weighted by Gasteiger charge is -2.10. The Bertz CT molecular complexity index is 615. The zero-order valence-electron chi connectivity index (χ0n) is 10.0. The van der Waals surface area contributed by atoms with E-state index < -0.39 is 11.6 Å². The maximum atomic E-state index is 13.6. The summed E-state index contributed by atoms with van der Waals surface area (Å²) in [5.41, 5.74) is 2.14. The summed E-state index contributed by atoms with van der Waals surface area (Å²) in [6, 6.07) is 7.84. The van der Waals surface area contributed by atoms with Gasteiger partial charge in [0.1, 0.15) is 5.75 Å². The fraction of sp³-hybridized carbons (Fsp3) is 0.143. The van der Waals surface area contributed by atoms with Crippen molar-refractivity contribution in [3.05, 3.63) is 57.6 Å². The van der Waals surface area contributed by atoms with E-state index in [9.17, 15) is 8.78 Å². The van der Waals surface area contributed by atoms with E-state index in [1.54, 1.807) is 12.1 Å². The molecule has 2 rings (SSSR count). The number of alkyl halides is 1. The van der Waals surface area contributed by atoms with Crippen molar-refractivity contribution < 1.29 is 13.5 Å². The van der Waals surface area contributed by atoms with Crippen molar-refractivity contribution >= 4 is 31.9 Å². The van der Waals surface area contributed by atoms with Crippen LogP contribution in [0.5, 0.6) is 11.5 Å². The second-order valence-corrected chi connectivity index (χ2v) is 5.50. The molecule has 0 aliphatic carbocycles. The Hall–Kier alpha value is -0.940. The van der Waals surface area contributed by atoms with E-state index in [1.165, 1.54) is 6.07 Å². The van der Waals surface area contributed by atoms with Crippen molar-refractivity contribution in [2.75, 3.05) is 0 Å². The molecule has 0 radical (unpaired) electrons. The zero-order valence-corrected chi connectivity index (χ0v) is 13.2. The van der Waals surface area contributed by atoms with E-state index in [2.05, 4.69) is 31.9 Å². The predicted molar refractivity (Wildman–Crippen MR) is 77.9 cm³/mol. The molecule has 0 N–H and O–H groups in total. The lowest BCUT2D eigenvalue weighted by molar-refractivity contribution is 0.415. The number of halogens is 4. The van der Waals surface area contributed by atoms with E-state index in [0.29, 0.717) is 10.2 Å². The van der Waals surface area contributed by atoms with E-state index in [0.717, 1.165) is 22.5 Å². The Morgan fingerprint density at radius 3 is 2.53 bits per heavy atom. The minimum Gasteiger partial charge on any atom is -0.454 e. The van der Waals surface area contributed by atoms with Crippen LogP contribution in [0.2, 0.25) is 0 Å². The Morgan fingerprint density at radius 2 is 1.89 bits per heavy atom. The normalized spacial score (nSPS) is 10.6. The number of rotatable bonds is 3. The summed E-state index contributed by atoms with van der Waals surface area (Å²) in [5, 5.41) is 0.735. The fourth-order valence-electron chi connectivity index (χ4n) is 1.62. The van der Waals surface area contributed by atoms with Crippen LogP contribution >= 0.6 is 31.9 Å². The first-order valence-corrected chi connectivity index (χ1v) is 7.40. The Kier molecular flexibility index (Phi) is 4.58. The molecule has 5 heteroatoms. The number of aryl methyl sites for hydroxylation is 1. The maximum Gasteiger partial charge on any atom is 0.201 e. The average molecular weight is 392 g/mol. The first kappa shape index (κ1) is 14.5. The first-order valence-electron chi connectivity index (χ1n) is 5.49. The van der Waals surface area contributed by atoms with Gasteiger partial charge in [0.25, 0.3) is 0 Å². The lowest BCUT2D eigenvalue weighted by Crippen LogP contribution is -1.93. The highest BCUT2D eigenvalue weighted by molar-refractivity contribution is 9.10. The van der Waals surface area contributed by atoms with Gasteiger partial charge in [-0.2, -0.15) is 4.39 Å². The molecule has 0 saturated carbocycles. The molecule has 1 nitrogen and oxygen atoms in total. The van der Waals surface area contributed by atoms with Gasteiger partial charge in [-0.25, -0.2) is 4.39 Å². The van der Waals surface area contributed by atoms with Crippen LogP contribution in [0, 0.1) is 18.6 Å². The van der Waals surface area contributed by atoms with E-state index in [-0.39, 0.29) is 5.75 Å². The number of benzene rings is 2. The second kappa shape index (κ2) is 6.01. The molecule has 2 aromatic carbocycles. The molecule has 0 atom stereocenters. The molecule has 100 valence electrons. The molecule has 0 aliphatic rings. The Labute approximate surface area is 126 Å². The third kappa shape index (κ3) is 3.34. The second-order valence-electron chi connectivity index (χ2n) is 4.02. The summed E-state index contributed by atoms with van der Waals surface area (Å²) < 4.78 is 32.7. The van der Waals surface area contributed by atoms with Crippen LogP contribution in [0.1, 0.15) is 11.1 Å². The van der Waals surface area contributed by atoms with Crippen LogP contribution in [-0.4, -0.2) is 0 Å². The quantitative estimate of drug-likeness (QED) is 0.480. The molecule has 2 aromatic rings. The summed E-state index contributed by atoms with van der Waals surface area (Å²) in [6.45, 7) is 1.93. The highest BCUT2D eigenvalue weighted by atomic mass is 79.9. The molecule has 0 saturated heterocycles. The molecule has 0 aromatic heterocycles. The van der Waals surface area contributed by atoms with Crippen LogP contribution in [-0.2, 0) is 5.33 Å². The Morgan fingerprint density at radius 1 is 1.16 bits per heavy atom. The lowest BCUT2D eigenvalue weighted by atomic mass is 10.1. The fourth-order valence-corrected chi connectivity index (χ4v) is 2.65. The molecule has 0 aliphatic heterocycles. The van der Waals surface area contributed by atoms with Crippen molar-refractivity contribution in [1.29, 1.82) is 0 Å². The molecule has 0 fully saturated rings. The Balaban J connectivity index is 2.33. The van der Waals surface area contributed by atoms with Gasteiger partial charge < -0.3 is 4.74 Å². The van der Waals surface area contributed by atoms with Crippen molar-refractivity contribution in [2.45, 2.75) is 12.3 Å². The van der Waals surface area contributed by atoms with Crippen molar-refractivity contribution in [3.8, 4) is 11.5 Å². The van der Waals surface area contributed by atoms with Crippen LogP contribution in [0.3, 0.4) is 0 Å². The van der Waals surface area contributed by atoms with Gasteiger partial charge >= 0.3 is 0 Å². The van der Waals surface area contributed by atoms with E-state index in [4.69, 9.17) is 4.74 Å². The van der Waals surface area contributed by atoms with Gasteiger partial charge in [-0.15, -0.1) is 0 Å². The van der Waals surface area contributed by atoms with Crippen LogP contribution in [0.25, 0.3) is 0 Å². The number of hydrogen-bond donors (Lipinski definition) is 0. The van der Waals surface area contributed by atoms with Gasteiger partial charge in [0, 0.05) is 9.80 Å². The van der Waals surface area contributed by atoms with Crippen LogP contribution < -0.4 is 4.74 Å². The molecule has 0 amide bonds. The molecule has 0 bridgehead atoms. The standard InChI is InChI=1S/C14H10Br2F2O/c1-8-4-11(3-2-9(8)7-15)19-13-6-10(16)5-12(17)14(13)18/h2-6H,7H2,1H3. The molecule has 19 heavy (non-hydrogen) atoms. The smallest absolute Gasteiger partial charge is 0.201 e. The molecule has 0 unspecified atom stereocenters. The SMILES string of the molecule is Cc1cc(Oc2cc(Br)cc(F)c2F)ccc1CBr. The predicted octanol–water partition coefficient (Wildman–Crippen LogP) is 5.72. The van der Waals surface area contributed by atoms with Crippen LogP contribution in [0.4, 0.5) is 8.78 Å². The summed E-state index contributed by atoms with van der Waals surface area (Å²) >= 11 is 6.48. The number of hydrogen-bond acceptors (Lipinski definition) is 1. The van der Waals surface area contributed by atoms with Gasteiger partial charge in [-0.3, -0.25) is 0 Å². The minimum absolute atomic E-state index is 0.141. The van der Waals surface area contributed by atoms with E-state index >= 15 is 0 Å². The molecule has 0 spiro atoms. The van der Waals surface area contributed by atoms with Gasteiger partial charge in [0.15, 0.2) is 11.6 Å². The van der Waals surface area contributed by atoms with Crippen molar-refractivity contribution in [1.82, 2.24) is 0 Å². The highest BCUT2D eigenvalue weighted by Gasteiger charge is 2.12. The maximum absolute atomic E-state index is 13.6. The summed E-state index contributed by atoms with van der Waals surface area (Å²) in [7, 11) is 0. The molecular formula is C14H10Br2F2O. The van der Waals surface area contributed by atoms with Crippen LogP contribution in [0.15, 0.2) is 34.8 Å². The summed E-state index contributed by atoms with van der Waals surface area (Å²) in [6.07, 6.45) is 0. The van der Waals surface area contributed by atoms with Gasteiger partial charge in [-0.05, 0) is 42.3 Å². The van der Waals surface area contributed by atoms with Gasteiger partial charge in [0.2, 0.25) is 5.82 Å². The van der Waals surface area contributed by atoms with Gasteiger partial charge in [0.05, 0.1) is 0 Å². The largest absolute Gasteiger partial charge is 0.454 e. The van der Waals surface area contributed by atoms with E-state index in [1.807, 2.05) is 13.0 Å². The molecular weight excluding hydrogens is 382 g/mol. The zero-order chi connectivity index (χ0) is 14.0. The van der Waals surface area contributed by atoms with Crippen molar-refractivity contribution in [2.24, 2.45) is 0 Å². The summed E-state index contributed by atoms with van der Waals surface area (Å²) in [5.74, 6) is -1.61. The minimum atomic E-state index is -0.995. The average Bonchev–Trinajstić information content (AvgIpc) is 2.35. The van der Waals surface area contributed by atoms with Gasteiger partial charge in [-0.1, -0.05) is 37.9 Å².